The van der Waals surface area contributed by atoms with E-state index in [0.29, 0.717) is 31.6 Å². The summed E-state index contributed by atoms with van der Waals surface area (Å²) in [6.07, 6.45) is 39.1. The van der Waals surface area contributed by atoms with Crippen LogP contribution in [0.5, 0.6) is 0 Å². The van der Waals surface area contributed by atoms with E-state index in [1.165, 1.54) is 128 Å². The maximum Gasteiger partial charge on any atom is 0.472 e. The Hall–Kier alpha value is -1.94. The van der Waals surface area contributed by atoms with Crippen LogP contribution in [0.1, 0.15) is 331 Å². The van der Waals surface area contributed by atoms with Crippen molar-refractivity contribution >= 4 is 39.5 Å². The summed E-state index contributed by atoms with van der Waals surface area (Å²) < 4.78 is 68.2. The van der Waals surface area contributed by atoms with Gasteiger partial charge in [0.25, 0.3) is 0 Å². The van der Waals surface area contributed by atoms with Gasteiger partial charge in [0.05, 0.1) is 26.4 Å². The topological polar surface area (TPSA) is 237 Å². The number of hydrogen-bond acceptors (Lipinski definition) is 15. The number of esters is 4. The second kappa shape index (κ2) is 57.9. The van der Waals surface area contributed by atoms with Gasteiger partial charge in [-0.25, -0.2) is 9.13 Å². The van der Waals surface area contributed by atoms with Crippen molar-refractivity contribution in [3.05, 3.63) is 0 Å². The zero-order chi connectivity index (χ0) is 64.7. The van der Waals surface area contributed by atoms with Gasteiger partial charge in [-0.2, -0.15) is 0 Å². The van der Waals surface area contributed by atoms with Gasteiger partial charge in [0.2, 0.25) is 0 Å². The Bertz CT molecular complexity index is 1730. The third kappa shape index (κ3) is 61.3. The van der Waals surface area contributed by atoms with E-state index in [9.17, 15) is 43.2 Å². The van der Waals surface area contributed by atoms with Crippen LogP contribution >= 0.6 is 15.6 Å². The minimum absolute atomic E-state index is 0.102. The highest BCUT2D eigenvalue weighted by molar-refractivity contribution is 7.47. The smallest absolute Gasteiger partial charge is 0.462 e. The average molecular weight is 1280 g/mol. The Balaban J connectivity index is 5.24. The van der Waals surface area contributed by atoms with E-state index in [1.807, 2.05) is 0 Å². The van der Waals surface area contributed by atoms with Gasteiger partial charge in [0.1, 0.15) is 19.3 Å². The van der Waals surface area contributed by atoms with Crippen molar-refractivity contribution in [1.29, 1.82) is 0 Å². The van der Waals surface area contributed by atoms with E-state index in [4.69, 9.17) is 37.0 Å². The van der Waals surface area contributed by atoms with E-state index in [2.05, 4.69) is 55.4 Å². The van der Waals surface area contributed by atoms with Gasteiger partial charge in [-0.1, -0.05) is 280 Å². The van der Waals surface area contributed by atoms with Gasteiger partial charge in [0, 0.05) is 25.7 Å². The van der Waals surface area contributed by atoms with E-state index >= 15 is 0 Å². The van der Waals surface area contributed by atoms with E-state index in [1.54, 1.807) is 0 Å². The Labute approximate surface area is 530 Å². The number of carbonyl (C=O) groups excluding carboxylic acids is 4. The molecular formula is C68H132O17P2. The lowest BCUT2D eigenvalue weighted by Gasteiger charge is -2.21. The molecule has 0 aliphatic rings. The Morgan fingerprint density at radius 3 is 0.816 bits per heavy atom. The molecule has 3 N–H and O–H groups in total. The standard InChI is InChI=1S/C68H132O17P2/c1-9-61(8)47-39-31-26-27-35-43-51-68(73)85-64(55-79-66(71)49-41-33-25-19-22-30-38-46-60(6)7)57-83-87(76,77)81-53-62(69)52-80-86(74,75)82-56-63(54-78-65(70)48-40-32-23-18-17-21-29-37-45-59(4)5)84-67(72)50-42-34-24-16-14-12-10-11-13-15-20-28-36-44-58(2)3/h58-64,69H,9-57H2,1-8H3,(H,74,75)(H,76,77)/t61?,62?,63-,64-/m1/s1. The lowest BCUT2D eigenvalue weighted by atomic mass is 10.00. The SMILES string of the molecule is CCC(C)CCCCCCCCC(=O)O[C@H](COC(=O)CCCCCCCCCC(C)C)COP(=O)(O)OCC(O)COP(=O)(O)OC[C@@H](COC(=O)CCCCCCCCCCC(C)C)OC(=O)CCCCCCCCCCCCCCCC(C)C. The highest BCUT2D eigenvalue weighted by Crippen LogP contribution is 2.45. The molecule has 4 unspecified atom stereocenters. The molecule has 0 fully saturated rings. The van der Waals surface area contributed by atoms with Gasteiger partial charge in [-0.15, -0.1) is 0 Å². The molecule has 0 amide bonds. The third-order valence-corrected chi connectivity index (χ3v) is 17.8. The fourth-order valence-electron chi connectivity index (χ4n) is 10.1. The number of aliphatic hydroxyl groups is 1. The second-order valence-electron chi connectivity index (χ2n) is 26.2. The highest BCUT2D eigenvalue weighted by atomic mass is 31.2. The van der Waals surface area contributed by atoms with Crippen LogP contribution in [0.3, 0.4) is 0 Å². The molecular weight excluding hydrogens is 1150 g/mol. The van der Waals surface area contributed by atoms with Crippen molar-refractivity contribution < 1.29 is 80.2 Å². The second-order valence-corrected chi connectivity index (χ2v) is 29.1. The quantitative estimate of drug-likeness (QED) is 0.0222. The molecule has 0 saturated heterocycles. The first kappa shape index (κ1) is 85.1. The minimum atomic E-state index is -4.95. The molecule has 87 heavy (non-hydrogen) atoms. The van der Waals surface area contributed by atoms with Crippen LogP contribution in [-0.4, -0.2) is 96.7 Å². The molecule has 516 valence electrons. The fourth-order valence-corrected chi connectivity index (χ4v) is 11.7. The largest absolute Gasteiger partial charge is 0.472 e. The molecule has 0 radical (unpaired) electrons. The highest BCUT2D eigenvalue weighted by Gasteiger charge is 2.30. The summed E-state index contributed by atoms with van der Waals surface area (Å²) in [4.78, 5) is 72.4. The van der Waals surface area contributed by atoms with E-state index in [0.717, 1.165) is 114 Å². The molecule has 0 aromatic carbocycles. The Morgan fingerprint density at radius 1 is 0.322 bits per heavy atom. The Morgan fingerprint density at radius 2 is 0.552 bits per heavy atom. The number of phosphoric ester groups is 2. The summed E-state index contributed by atoms with van der Waals surface area (Å²) >= 11 is 0. The van der Waals surface area contributed by atoms with Crippen molar-refractivity contribution in [2.45, 2.75) is 350 Å². The molecule has 0 spiro atoms. The number of hydrogen-bond donors (Lipinski definition) is 3. The monoisotopic (exact) mass is 1280 g/mol. The van der Waals surface area contributed by atoms with Crippen molar-refractivity contribution in [1.82, 2.24) is 0 Å². The number of unbranched alkanes of at least 4 members (excludes halogenated alkanes) is 30. The molecule has 0 heterocycles. The van der Waals surface area contributed by atoms with Gasteiger partial charge < -0.3 is 33.8 Å². The van der Waals surface area contributed by atoms with Gasteiger partial charge in [0.15, 0.2) is 12.2 Å². The Kier molecular flexibility index (Phi) is 56.6. The normalized spacial score (nSPS) is 14.6. The van der Waals surface area contributed by atoms with Gasteiger partial charge in [-0.3, -0.25) is 37.3 Å². The first-order valence-corrected chi connectivity index (χ1v) is 38.2. The van der Waals surface area contributed by atoms with E-state index < -0.39 is 97.5 Å². The maximum atomic E-state index is 13.0. The van der Waals surface area contributed by atoms with Crippen LogP contribution in [0.15, 0.2) is 0 Å². The van der Waals surface area contributed by atoms with Crippen LogP contribution in [0.4, 0.5) is 0 Å². The molecule has 0 bridgehead atoms. The number of ether oxygens (including phenoxy) is 4. The summed E-state index contributed by atoms with van der Waals surface area (Å²) in [7, 11) is -9.90. The molecule has 6 atom stereocenters. The first-order chi connectivity index (χ1) is 41.6. The van der Waals surface area contributed by atoms with Gasteiger partial charge in [-0.05, 0) is 49.4 Å². The summed E-state index contributed by atoms with van der Waals surface area (Å²) in [6, 6.07) is 0. The number of phosphoric acid groups is 2. The van der Waals surface area contributed by atoms with Crippen molar-refractivity contribution in [3.63, 3.8) is 0 Å². The van der Waals surface area contributed by atoms with Crippen LogP contribution in [0.2, 0.25) is 0 Å². The fraction of sp³-hybridized carbons (Fsp3) is 0.941. The lowest BCUT2D eigenvalue weighted by molar-refractivity contribution is -0.161. The first-order valence-electron chi connectivity index (χ1n) is 35.2. The number of aliphatic hydroxyl groups excluding tert-OH is 1. The minimum Gasteiger partial charge on any atom is -0.462 e. The van der Waals surface area contributed by atoms with E-state index in [-0.39, 0.29) is 25.7 Å². The van der Waals surface area contributed by atoms with Crippen molar-refractivity contribution in [3.8, 4) is 0 Å². The molecule has 0 aliphatic carbocycles. The molecule has 19 heteroatoms. The maximum absolute atomic E-state index is 13.0. The van der Waals surface area contributed by atoms with Crippen LogP contribution < -0.4 is 0 Å². The zero-order valence-electron chi connectivity index (χ0n) is 56.6. The molecule has 0 aromatic heterocycles. The summed E-state index contributed by atoms with van der Waals surface area (Å²) in [6.45, 7) is 14.0. The van der Waals surface area contributed by atoms with Crippen LogP contribution in [0, 0.1) is 23.7 Å². The predicted octanol–water partition coefficient (Wildman–Crippen LogP) is 18.9. The molecule has 0 aliphatic heterocycles. The number of carbonyl (C=O) groups is 4. The van der Waals surface area contributed by atoms with Gasteiger partial charge >= 0.3 is 39.5 Å². The lowest BCUT2D eigenvalue weighted by Crippen LogP contribution is -2.30. The summed E-state index contributed by atoms with van der Waals surface area (Å²) in [5.74, 6) is 0.802. The van der Waals surface area contributed by atoms with Crippen LogP contribution in [0.25, 0.3) is 0 Å². The summed E-state index contributed by atoms with van der Waals surface area (Å²) in [5, 5.41) is 10.6. The molecule has 0 rings (SSSR count). The van der Waals surface area contributed by atoms with Crippen LogP contribution in [-0.2, 0) is 65.4 Å². The number of rotatable bonds is 65. The predicted molar refractivity (Wildman–Crippen MR) is 349 cm³/mol. The zero-order valence-corrected chi connectivity index (χ0v) is 58.4. The third-order valence-electron chi connectivity index (χ3n) is 15.9. The van der Waals surface area contributed by atoms with Crippen molar-refractivity contribution in [2.24, 2.45) is 23.7 Å². The average Bonchev–Trinajstić information content (AvgIpc) is 3.49. The molecule has 0 saturated carbocycles. The molecule has 0 aromatic rings. The van der Waals surface area contributed by atoms with Crippen molar-refractivity contribution in [2.75, 3.05) is 39.6 Å². The molecule has 17 nitrogen and oxygen atoms in total. The summed E-state index contributed by atoms with van der Waals surface area (Å²) in [5.41, 5.74) is 0.